The summed E-state index contributed by atoms with van der Waals surface area (Å²) in [6.07, 6.45) is 2.35. The minimum absolute atomic E-state index is 0.318. The van der Waals surface area contributed by atoms with Crippen LogP contribution in [-0.4, -0.2) is 46.0 Å². The molecule has 106 valence electrons. The number of aliphatic hydroxyl groups excluding tert-OH is 1. The number of para-hydroxylation sites is 1. The highest BCUT2D eigenvalue weighted by Crippen LogP contribution is 2.16. The number of ether oxygens (including phenoxy) is 1. The first kappa shape index (κ1) is 13.1. The summed E-state index contributed by atoms with van der Waals surface area (Å²) in [5.74, 6) is 0.794. The lowest BCUT2D eigenvalue weighted by molar-refractivity contribution is 0.0637. The Morgan fingerprint density at radius 2 is 2.20 bits per heavy atom. The van der Waals surface area contributed by atoms with Crippen LogP contribution in [0.15, 0.2) is 36.5 Å². The lowest BCUT2D eigenvalue weighted by Gasteiger charge is -2.28. The van der Waals surface area contributed by atoms with E-state index in [0.29, 0.717) is 13.2 Å². The number of β-amino-alcohol motifs (C(OH)–C–C–N with tert-alkyl or cyclic N) is 1. The molecule has 20 heavy (non-hydrogen) atoms. The molecule has 0 saturated heterocycles. The lowest BCUT2D eigenvalue weighted by Crippen LogP contribution is -2.38. The summed E-state index contributed by atoms with van der Waals surface area (Å²) in [7, 11) is 0. The number of H-pyrrole nitrogens is 1. The molecule has 2 heterocycles. The van der Waals surface area contributed by atoms with Crippen molar-refractivity contribution in [2.45, 2.75) is 19.1 Å². The van der Waals surface area contributed by atoms with Crippen molar-refractivity contribution < 1.29 is 9.84 Å². The van der Waals surface area contributed by atoms with Gasteiger partial charge in [0.1, 0.15) is 18.5 Å². The highest BCUT2D eigenvalue weighted by molar-refractivity contribution is 5.21. The lowest BCUT2D eigenvalue weighted by atomic mass is 10.1. The van der Waals surface area contributed by atoms with E-state index in [1.54, 1.807) is 0 Å². The Morgan fingerprint density at radius 1 is 1.35 bits per heavy atom. The molecule has 0 fully saturated rings. The normalized spacial score (nSPS) is 16.6. The highest BCUT2D eigenvalue weighted by Gasteiger charge is 2.20. The maximum absolute atomic E-state index is 10.1. The summed E-state index contributed by atoms with van der Waals surface area (Å²) in [6, 6.07) is 9.58. The van der Waals surface area contributed by atoms with E-state index in [0.717, 1.165) is 25.3 Å². The zero-order valence-electron chi connectivity index (χ0n) is 11.3. The Balaban J connectivity index is 1.46. The van der Waals surface area contributed by atoms with Gasteiger partial charge >= 0.3 is 0 Å². The second-order valence-electron chi connectivity index (χ2n) is 5.14. The number of aliphatic hydroxyl groups is 1. The molecule has 2 N–H and O–H groups in total. The average Bonchev–Trinajstić information content (AvgIpc) is 2.94. The molecule has 1 aliphatic heterocycles. The Bertz CT molecular complexity index is 541. The van der Waals surface area contributed by atoms with Crippen LogP contribution in [0.3, 0.4) is 0 Å². The van der Waals surface area contributed by atoms with Crippen LogP contribution in [0.1, 0.15) is 11.3 Å². The molecular formula is C15H19N3O2. The summed E-state index contributed by atoms with van der Waals surface area (Å²) in [6.45, 7) is 2.72. The van der Waals surface area contributed by atoms with Crippen LogP contribution < -0.4 is 4.74 Å². The average molecular weight is 273 g/mol. The fourth-order valence-corrected chi connectivity index (χ4v) is 2.50. The van der Waals surface area contributed by atoms with E-state index in [9.17, 15) is 5.11 Å². The van der Waals surface area contributed by atoms with Crippen LogP contribution in [0.2, 0.25) is 0 Å². The molecular weight excluding hydrogens is 254 g/mol. The Hall–Kier alpha value is -1.85. The Morgan fingerprint density at radius 3 is 3.05 bits per heavy atom. The molecule has 5 nitrogen and oxygen atoms in total. The third-order valence-electron chi connectivity index (χ3n) is 3.53. The van der Waals surface area contributed by atoms with Gasteiger partial charge in [-0.15, -0.1) is 0 Å². The molecule has 1 aliphatic rings. The summed E-state index contributed by atoms with van der Waals surface area (Å²) >= 11 is 0. The number of fused-ring (bicyclic) bond motifs is 1. The fourth-order valence-electron chi connectivity index (χ4n) is 2.50. The van der Waals surface area contributed by atoms with E-state index in [2.05, 4.69) is 15.1 Å². The number of benzene rings is 1. The summed E-state index contributed by atoms with van der Waals surface area (Å²) in [5, 5.41) is 17.1. The first-order valence-electron chi connectivity index (χ1n) is 6.90. The number of hydrogen-bond donors (Lipinski definition) is 2. The first-order chi connectivity index (χ1) is 9.81. The second kappa shape index (κ2) is 6.07. The van der Waals surface area contributed by atoms with Crippen molar-refractivity contribution in [3.63, 3.8) is 0 Å². The van der Waals surface area contributed by atoms with Crippen LogP contribution in [0.25, 0.3) is 0 Å². The predicted octanol–water partition coefficient (Wildman–Crippen LogP) is 1.21. The third kappa shape index (κ3) is 3.18. The van der Waals surface area contributed by atoms with E-state index in [4.69, 9.17) is 4.74 Å². The molecule has 0 saturated carbocycles. The Kier molecular flexibility index (Phi) is 3.99. The molecule has 5 heteroatoms. The first-order valence-corrected chi connectivity index (χ1v) is 6.90. The van der Waals surface area contributed by atoms with Crippen molar-refractivity contribution in [2.24, 2.45) is 0 Å². The molecule has 0 amide bonds. The smallest absolute Gasteiger partial charge is 0.119 e. The minimum Gasteiger partial charge on any atom is -0.491 e. The van der Waals surface area contributed by atoms with E-state index < -0.39 is 6.10 Å². The van der Waals surface area contributed by atoms with Gasteiger partial charge in [0.2, 0.25) is 0 Å². The zero-order chi connectivity index (χ0) is 13.8. The van der Waals surface area contributed by atoms with Gasteiger partial charge in [-0.25, -0.2) is 0 Å². The molecule has 1 atom stereocenters. The molecule has 2 aromatic rings. The van der Waals surface area contributed by atoms with Gasteiger partial charge in [-0.1, -0.05) is 18.2 Å². The summed E-state index contributed by atoms with van der Waals surface area (Å²) < 4.78 is 5.57. The number of aromatic amines is 1. The molecule has 0 bridgehead atoms. The van der Waals surface area contributed by atoms with E-state index in [-0.39, 0.29) is 0 Å². The molecule has 0 spiro atoms. The molecule has 0 aliphatic carbocycles. The molecule has 0 radical (unpaired) electrons. The summed E-state index contributed by atoms with van der Waals surface area (Å²) in [4.78, 5) is 2.23. The van der Waals surface area contributed by atoms with Gasteiger partial charge in [-0.05, 0) is 12.1 Å². The van der Waals surface area contributed by atoms with Gasteiger partial charge < -0.3 is 9.84 Å². The van der Waals surface area contributed by atoms with Crippen LogP contribution in [-0.2, 0) is 13.0 Å². The van der Waals surface area contributed by atoms with E-state index in [1.165, 1.54) is 11.3 Å². The number of aromatic nitrogens is 2. The number of nitrogens with zero attached hydrogens (tertiary/aromatic N) is 2. The van der Waals surface area contributed by atoms with Gasteiger partial charge in [-0.3, -0.25) is 10.00 Å². The summed E-state index contributed by atoms with van der Waals surface area (Å²) in [5.41, 5.74) is 2.45. The van der Waals surface area contributed by atoms with Crippen LogP contribution in [0.5, 0.6) is 5.75 Å². The standard InChI is InChI=1S/C15H19N3O2/c19-13(11-20-14-4-2-1-3-5-14)10-18-7-6-15-12(9-18)8-16-17-15/h1-5,8,13,19H,6-7,9-11H2,(H,16,17). The van der Waals surface area contributed by atoms with Gasteiger partial charge in [0.25, 0.3) is 0 Å². The van der Waals surface area contributed by atoms with Crippen molar-refractivity contribution in [2.75, 3.05) is 19.7 Å². The van der Waals surface area contributed by atoms with Crippen molar-refractivity contribution in [1.82, 2.24) is 15.1 Å². The minimum atomic E-state index is -0.483. The zero-order valence-corrected chi connectivity index (χ0v) is 11.3. The molecule has 1 unspecified atom stereocenters. The van der Waals surface area contributed by atoms with Gasteiger partial charge in [-0.2, -0.15) is 5.10 Å². The van der Waals surface area contributed by atoms with Crippen molar-refractivity contribution in [3.05, 3.63) is 47.8 Å². The maximum Gasteiger partial charge on any atom is 0.119 e. The SMILES string of the molecule is OC(COc1ccccc1)CN1CCc2[nH]ncc2C1. The largest absolute Gasteiger partial charge is 0.491 e. The van der Waals surface area contributed by atoms with Gasteiger partial charge in [0.15, 0.2) is 0 Å². The van der Waals surface area contributed by atoms with Crippen molar-refractivity contribution in [1.29, 1.82) is 0 Å². The van der Waals surface area contributed by atoms with Crippen molar-refractivity contribution >= 4 is 0 Å². The van der Waals surface area contributed by atoms with E-state index >= 15 is 0 Å². The molecule has 1 aromatic carbocycles. The topological polar surface area (TPSA) is 61.4 Å². The molecule has 1 aromatic heterocycles. The monoisotopic (exact) mass is 273 g/mol. The van der Waals surface area contributed by atoms with Gasteiger partial charge in [0, 0.05) is 37.3 Å². The maximum atomic E-state index is 10.1. The fraction of sp³-hybridized carbons (Fsp3) is 0.400. The Labute approximate surface area is 118 Å². The van der Waals surface area contributed by atoms with Crippen LogP contribution >= 0.6 is 0 Å². The predicted molar refractivity (Wildman–Crippen MR) is 75.5 cm³/mol. The molecule has 3 rings (SSSR count). The third-order valence-corrected chi connectivity index (χ3v) is 3.53. The van der Waals surface area contributed by atoms with Crippen LogP contribution in [0.4, 0.5) is 0 Å². The quantitative estimate of drug-likeness (QED) is 0.859. The number of hydrogen-bond acceptors (Lipinski definition) is 4. The number of nitrogens with one attached hydrogen (secondary N) is 1. The highest BCUT2D eigenvalue weighted by atomic mass is 16.5. The van der Waals surface area contributed by atoms with Gasteiger partial charge in [0.05, 0.1) is 6.20 Å². The number of rotatable bonds is 5. The second-order valence-corrected chi connectivity index (χ2v) is 5.14. The van der Waals surface area contributed by atoms with E-state index in [1.807, 2.05) is 36.5 Å². The van der Waals surface area contributed by atoms with Crippen LogP contribution in [0, 0.1) is 0 Å². The van der Waals surface area contributed by atoms with Crippen molar-refractivity contribution in [3.8, 4) is 5.75 Å².